The third-order valence-corrected chi connectivity index (χ3v) is 6.60. The number of anilines is 2. The summed E-state index contributed by atoms with van der Waals surface area (Å²) in [6, 6.07) is 17.2. The summed E-state index contributed by atoms with van der Waals surface area (Å²) in [5.74, 6) is -0.174. The van der Waals surface area contributed by atoms with Crippen molar-refractivity contribution in [3.05, 3.63) is 77.6 Å². The quantitative estimate of drug-likeness (QED) is 0.404. The van der Waals surface area contributed by atoms with E-state index in [1.807, 2.05) is 48.5 Å². The summed E-state index contributed by atoms with van der Waals surface area (Å²) in [5.41, 5.74) is 3.94. The van der Waals surface area contributed by atoms with Crippen molar-refractivity contribution < 1.29 is 18.0 Å². The van der Waals surface area contributed by atoms with Gasteiger partial charge in [-0.1, -0.05) is 41.9 Å². The number of halogens is 1. The fraction of sp³-hybridized carbons (Fsp3) is 0.240. The fourth-order valence-electron chi connectivity index (χ4n) is 3.95. The number of hydrogen-bond acceptors (Lipinski definition) is 5. The molecule has 11 heteroatoms. The third-order valence-electron chi connectivity index (χ3n) is 5.71. The number of aromatic nitrogens is 1. The van der Waals surface area contributed by atoms with Gasteiger partial charge in [0, 0.05) is 18.8 Å². The highest BCUT2D eigenvalue weighted by Crippen LogP contribution is 2.26. The molecule has 1 aliphatic heterocycles. The summed E-state index contributed by atoms with van der Waals surface area (Å²) in [6.45, 7) is 0.773. The minimum atomic E-state index is -3.28. The van der Waals surface area contributed by atoms with Gasteiger partial charge in [0.15, 0.2) is 0 Å². The number of carbonyl (C=O) groups is 2. The van der Waals surface area contributed by atoms with Crippen molar-refractivity contribution in [2.75, 3.05) is 23.0 Å². The van der Waals surface area contributed by atoms with Gasteiger partial charge in [0.25, 0.3) is 0 Å². The highest BCUT2D eigenvalue weighted by molar-refractivity contribution is 7.88. The van der Waals surface area contributed by atoms with Crippen molar-refractivity contribution in [1.29, 1.82) is 0 Å². The van der Waals surface area contributed by atoms with Gasteiger partial charge in [0.05, 0.1) is 18.1 Å². The van der Waals surface area contributed by atoms with Crippen molar-refractivity contribution in [3.63, 3.8) is 0 Å². The lowest BCUT2D eigenvalue weighted by Crippen LogP contribution is -2.53. The Balaban J connectivity index is 1.40. The van der Waals surface area contributed by atoms with Gasteiger partial charge in [-0.3, -0.25) is 4.79 Å². The number of hydrogen-bond donors (Lipinski definition) is 3. The molecule has 2 heterocycles. The first kappa shape index (κ1) is 25.6. The number of amides is 3. The Morgan fingerprint density at radius 3 is 2.58 bits per heavy atom. The number of urea groups is 1. The molecular weight excluding hydrogens is 502 g/mol. The summed E-state index contributed by atoms with van der Waals surface area (Å²) >= 11 is 5.76. The highest BCUT2D eigenvalue weighted by Gasteiger charge is 2.30. The van der Waals surface area contributed by atoms with Gasteiger partial charge in [-0.2, -0.15) is 0 Å². The topological polar surface area (TPSA) is 120 Å². The summed E-state index contributed by atoms with van der Waals surface area (Å²) in [5, 5.41) is 5.73. The monoisotopic (exact) mass is 527 g/mol. The number of piperidine rings is 1. The average Bonchev–Trinajstić information content (AvgIpc) is 2.85. The van der Waals surface area contributed by atoms with Crippen molar-refractivity contribution in [3.8, 4) is 11.1 Å². The predicted molar refractivity (Wildman–Crippen MR) is 140 cm³/mol. The zero-order chi connectivity index (χ0) is 25.7. The number of nitrogens with zero attached hydrogens (tertiary/aromatic N) is 2. The average molecular weight is 528 g/mol. The second kappa shape index (κ2) is 11.1. The second-order valence-corrected chi connectivity index (χ2v) is 10.7. The molecule has 1 saturated heterocycles. The number of carbonyl (C=O) groups excluding carboxylic acids is 2. The largest absolute Gasteiger partial charge is 0.326 e. The zero-order valence-corrected chi connectivity index (χ0v) is 21.1. The van der Waals surface area contributed by atoms with E-state index in [1.54, 1.807) is 17.0 Å². The van der Waals surface area contributed by atoms with Crippen LogP contribution in [0.1, 0.15) is 18.4 Å². The molecule has 0 bridgehead atoms. The van der Waals surface area contributed by atoms with E-state index in [2.05, 4.69) is 20.3 Å². The van der Waals surface area contributed by atoms with Gasteiger partial charge in [0.1, 0.15) is 11.2 Å². The Morgan fingerprint density at radius 2 is 1.89 bits per heavy atom. The number of rotatable bonds is 7. The van der Waals surface area contributed by atoms with Crippen molar-refractivity contribution in [1.82, 2.24) is 15.0 Å². The first-order valence-electron chi connectivity index (χ1n) is 11.3. The second-order valence-electron chi connectivity index (χ2n) is 8.49. The SMILES string of the molecule is CS(=O)(=O)NCc1cccc(-c2ccc(N3CCC[C@@H](NC(=O)Nc4ccc(Cl)nc4)C3=O)cc2)c1. The minimum Gasteiger partial charge on any atom is -0.326 e. The molecule has 36 heavy (non-hydrogen) atoms. The van der Waals surface area contributed by atoms with Gasteiger partial charge in [-0.25, -0.2) is 22.9 Å². The fourth-order valence-corrected chi connectivity index (χ4v) is 4.49. The molecule has 1 atom stereocenters. The molecule has 0 radical (unpaired) electrons. The lowest BCUT2D eigenvalue weighted by molar-refractivity contribution is -0.121. The van der Waals surface area contributed by atoms with Crippen molar-refractivity contribution >= 4 is 44.9 Å². The molecule has 1 aliphatic rings. The molecule has 3 N–H and O–H groups in total. The van der Waals surface area contributed by atoms with Crippen LogP contribution in [0, 0.1) is 0 Å². The standard InChI is InChI=1S/C25H26ClN5O4S/c1-36(34,35)28-15-17-4-2-5-19(14-17)18-7-10-21(11-8-18)31-13-3-6-22(24(31)32)30-25(33)29-20-9-12-23(26)27-16-20/h2,4-5,7-12,14,16,22,28H,3,6,13,15H2,1H3,(H2,29,30,33)/t22-/m1/s1. The molecule has 3 aromatic rings. The highest BCUT2D eigenvalue weighted by atomic mass is 35.5. The first-order chi connectivity index (χ1) is 17.2. The van der Waals surface area contributed by atoms with Crippen molar-refractivity contribution in [2.45, 2.75) is 25.4 Å². The molecule has 1 fully saturated rings. The molecule has 0 unspecified atom stereocenters. The molecule has 0 saturated carbocycles. The van der Waals surface area contributed by atoms with E-state index in [9.17, 15) is 18.0 Å². The molecule has 4 rings (SSSR count). The Kier molecular flexibility index (Phi) is 7.88. The Labute approximate surface area is 214 Å². The molecule has 2 aromatic carbocycles. The van der Waals surface area contributed by atoms with Crippen LogP contribution >= 0.6 is 11.6 Å². The summed E-state index contributed by atoms with van der Waals surface area (Å²) in [7, 11) is -3.28. The van der Waals surface area contributed by atoms with Gasteiger partial charge >= 0.3 is 6.03 Å². The number of pyridine rings is 1. The van der Waals surface area contributed by atoms with Crippen LogP contribution in [-0.4, -0.2) is 44.2 Å². The summed E-state index contributed by atoms with van der Waals surface area (Å²) in [6.07, 6.45) is 3.86. The van der Waals surface area contributed by atoms with E-state index in [-0.39, 0.29) is 12.5 Å². The lowest BCUT2D eigenvalue weighted by Gasteiger charge is -2.32. The van der Waals surface area contributed by atoms with Crippen molar-refractivity contribution in [2.24, 2.45) is 0 Å². The Morgan fingerprint density at radius 1 is 1.11 bits per heavy atom. The van der Waals surface area contributed by atoms with Crippen LogP contribution in [0.4, 0.5) is 16.2 Å². The van der Waals surface area contributed by atoms with E-state index < -0.39 is 22.1 Å². The zero-order valence-electron chi connectivity index (χ0n) is 19.6. The maximum absolute atomic E-state index is 13.1. The smallest absolute Gasteiger partial charge is 0.319 e. The molecule has 0 aliphatic carbocycles. The third kappa shape index (κ3) is 6.81. The maximum Gasteiger partial charge on any atom is 0.319 e. The van der Waals surface area contributed by atoms with Crippen LogP contribution < -0.4 is 20.3 Å². The van der Waals surface area contributed by atoms with E-state index in [0.717, 1.165) is 35.1 Å². The lowest BCUT2D eigenvalue weighted by atomic mass is 10.0. The van der Waals surface area contributed by atoms with E-state index >= 15 is 0 Å². The normalized spacial score (nSPS) is 16.0. The molecule has 9 nitrogen and oxygen atoms in total. The minimum absolute atomic E-state index is 0.174. The van der Waals surface area contributed by atoms with E-state index in [4.69, 9.17) is 11.6 Å². The molecule has 188 valence electrons. The number of nitrogens with one attached hydrogen (secondary N) is 3. The first-order valence-corrected chi connectivity index (χ1v) is 13.6. The van der Waals surface area contributed by atoms with Crippen LogP contribution in [0.25, 0.3) is 11.1 Å². The van der Waals surface area contributed by atoms with Gasteiger partial charge in [-0.05, 0) is 59.9 Å². The van der Waals surface area contributed by atoms with E-state index in [0.29, 0.717) is 23.8 Å². The van der Waals surface area contributed by atoms with Gasteiger partial charge < -0.3 is 15.5 Å². The van der Waals surface area contributed by atoms with Crippen LogP contribution in [0.5, 0.6) is 0 Å². The van der Waals surface area contributed by atoms with Crippen LogP contribution in [-0.2, 0) is 21.4 Å². The number of benzene rings is 2. The number of sulfonamides is 1. The van der Waals surface area contributed by atoms with Crippen LogP contribution in [0.2, 0.25) is 5.15 Å². The summed E-state index contributed by atoms with van der Waals surface area (Å²) < 4.78 is 25.2. The van der Waals surface area contributed by atoms with Gasteiger partial charge in [0.2, 0.25) is 15.9 Å². The Bertz CT molecular complexity index is 1350. The van der Waals surface area contributed by atoms with Crippen LogP contribution in [0.15, 0.2) is 66.9 Å². The van der Waals surface area contributed by atoms with Crippen LogP contribution in [0.3, 0.4) is 0 Å². The molecule has 0 spiro atoms. The predicted octanol–water partition coefficient (Wildman–Crippen LogP) is 3.77. The molecule has 3 amide bonds. The molecule has 1 aromatic heterocycles. The Hall–Kier alpha value is -3.47. The van der Waals surface area contributed by atoms with E-state index in [1.165, 1.54) is 6.20 Å². The summed E-state index contributed by atoms with van der Waals surface area (Å²) in [4.78, 5) is 31.1. The maximum atomic E-state index is 13.1. The van der Waals surface area contributed by atoms with Gasteiger partial charge in [-0.15, -0.1) is 0 Å². The molecular formula is C25H26ClN5O4S.